The number of carbonyl (C=O) groups excluding carboxylic acids is 1. The topological polar surface area (TPSA) is 75.7 Å². The van der Waals surface area contributed by atoms with Gasteiger partial charge in [-0.05, 0) is 60.5 Å². The SMILES string of the molecule is CCOc1cccc(CNC(=O)c2ccc(CN(c3cccc(Cl)c3)S(C)(=O)=O)cc2)c1. The quantitative estimate of drug-likeness (QED) is 0.492. The van der Waals surface area contributed by atoms with Crippen molar-refractivity contribution in [2.75, 3.05) is 17.2 Å². The van der Waals surface area contributed by atoms with E-state index in [-0.39, 0.29) is 12.5 Å². The molecule has 3 aromatic rings. The van der Waals surface area contributed by atoms with Gasteiger partial charge in [-0.3, -0.25) is 9.10 Å². The summed E-state index contributed by atoms with van der Waals surface area (Å²) in [5.74, 6) is 0.548. The lowest BCUT2D eigenvalue weighted by molar-refractivity contribution is 0.0951. The van der Waals surface area contributed by atoms with Gasteiger partial charge in [0.1, 0.15) is 5.75 Å². The highest BCUT2D eigenvalue weighted by atomic mass is 35.5. The van der Waals surface area contributed by atoms with E-state index in [0.29, 0.717) is 29.4 Å². The van der Waals surface area contributed by atoms with Gasteiger partial charge in [0.05, 0.1) is 25.1 Å². The van der Waals surface area contributed by atoms with E-state index in [1.165, 1.54) is 4.31 Å². The second-order valence-electron chi connectivity index (χ2n) is 7.21. The molecule has 0 bridgehead atoms. The Labute approximate surface area is 193 Å². The van der Waals surface area contributed by atoms with E-state index in [1.807, 2.05) is 31.2 Å². The van der Waals surface area contributed by atoms with Crippen LogP contribution in [-0.2, 0) is 23.1 Å². The number of halogens is 1. The maximum absolute atomic E-state index is 12.5. The molecule has 3 aromatic carbocycles. The normalized spacial score (nSPS) is 11.1. The predicted molar refractivity (Wildman–Crippen MR) is 128 cm³/mol. The van der Waals surface area contributed by atoms with Gasteiger partial charge in [0.25, 0.3) is 5.91 Å². The van der Waals surface area contributed by atoms with Crippen molar-refractivity contribution in [2.45, 2.75) is 20.0 Å². The summed E-state index contributed by atoms with van der Waals surface area (Å²) in [6.07, 6.45) is 1.15. The first-order chi connectivity index (χ1) is 15.3. The third-order valence-electron chi connectivity index (χ3n) is 4.70. The molecular weight excluding hydrogens is 448 g/mol. The monoisotopic (exact) mass is 472 g/mol. The van der Waals surface area contributed by atoms with Crippen molar-refractivity contribution in [1.29, 1.82) is 0 Å². The van der Waals surface area contributed by atoms with E-state index >= 15 is 0 Å². The lowest BCUT2D eigenvalue weighted by Crippen LogP contribution is -2.29. The maximum atomic E-state index is 12.5. The molecule has 0 aliphatic carbocycles. The third-order valence-corrected chi connectivity index (χ3v) is 6.08. The fourth-order valence-corrected chi connectivity index (χ4v) is 4.22. The number of hydrogen-bond acceptors (Lipinski definition) is 4. The minimum atomic E-state index is -3.52. The first-order valence-electron chi connectivity index (χ1n) is 10.1. The number of rotatable bonds is 9. The first-order valence-corrected chi connectivity index (χ1v) is 12.3. The van der Waals surface area contributed by atoms with Crippen LogP contribution >= 0.6 is 11.6 Å². The molecule has 168 valence electrons. The van der Waals surface area contributed by atoms with E-state index in [2.05, 4.69) is 5.32 Å². The van der Waals surface area contributed by atoms with Gasteiger partial charge in [-0.1, -0.05) is 41.9 Å². The summed E-state index contributed by atoms with van der Waals surface area (Å²) < 4.78 is 31.4. The van der Waals surface area contributed by atoms with Gasteiger partial charge in [-0.2, -0.15) is 0 Å². The molecular formula is C24H25ClN2O4S. The molecule has 0 radical (unpaired) electrons. The molecule has 0 atom stereocenters. The van der Waals surface area contributed by atoms with Crippen LogP contribution in [0.1, 0.15) is 28.4 Å². The Balaban J connectivity index is 1.67. The van der Waals surface area contributed by atoms with Crippen molar-refractivity contribution in [3.05, 3.63) is 94.5 Å². The number of carbonyl (C=O) groups is 1. The largest absolute Gasteiger partial charge is 0.494 e. The Bertz CT molecular complexity index is 1180. The van der Waals surface area contributed by atoms with Crippen molar-refractivity contribution < 1.29 is 17.9 Å². The Hall–Kier alpha value is -3.03. The minimum Gasteiger partial charge on any atom is -0.494 e. The second kappa shape index (κ2) is 10.5. The highest BCUT2D eigenvalue weighted by Crippen LogP contribution is 2.24. The molecule has 0 unspecified atom stereocenters. The number of ether oxygens (including phenoxy) is 1. The van der Waals surface area contributed by atoms with Gasteiger partial charge in [0.15, 0.2) is 0 Å². The van der Waals surface area contributed by atoms with Crippen molar-refractivity contribution in [2.24, 2.45) is 0 Å². The molecule has 6 nitrogen and oxygen atoms in total. The maximum Gasteiger partial charge on any atom is 0.251 e. The number of benzene rings is 3. The summed E-state index contributed by atoms with van der Waals surface area (Å²) in [7, 11) is -3.52. The molecule has 0 aromatic heterocycles. The van der Waals surface area contributed by atoms with Gasteiger partial charge in [-0.15, -0.1) is 0 Å². The van der Waals surface area contributed by atoms with E-state index in [1.54, 1.807) is 48.5 Å². The third kappa shape index (κ3) is 6.48. The minimum absolute atomic E-state index is 0.130. The van der Waals surface area contributed by atoms with E-state index < -0.39 is 10.0 Å². The van der Waals surface area contributed by atoms with Crippen molar-refractivity contribution in [3.8, 4) is 5.75 Å². The lowest BCUT2D eigenvalue weighted by Gasteiger charge is -2.22. The van der Waals surface area contributed by atoms with Gasteiger partial charge in [-0.25, -0.2) is 8.42 Å². The summed E-state index contributed by atoms with van der Waals surface area (Å²) >= 11 is 6.02. The summed E-state index contributed by atoms with van der Waals surface area (Å²) in [5.41, 5.74) is 2.65. The van der Waals surface area contributed by atoms with Crippen LogP contribution in [0.4, 0.5) is 5.69 Å². The molecule has 1 amide bonds. The highest BCUT2D eigenvalue weighted by molar-refractivity contribution is 7.92. The molecule has 0 saturated heterocycles. The molecule has 32 heavy (non-hydrogen) atoms. The van der Waals surface area contributed by atoms with E-state index in [9.17, 15) is 13.2 Å². The standard InChI is InChI=1S/C24H25ClN2O4S/c1-3-31-23-9-4-6-19(14-23)16-26-24(28)20-12-10-18(11-13-20)17-27(32(2,29)30)22-8-5-7-21(25)15-22/h4-15H,3,16-17H2,1-2H3,(H,26,28). The zero-order valence-electron chi connectivity index (χ0n) is 17.9. The average Bonchev–Trinajstić information content (AvgIpc) is 2.76. The molecule has 0 heterocycles. The van der Waals surface area contributed by atoms with E-state index in [0.717, 1.165) is 23.1 Å². The number of sulfonamides is 1. The van der Waals surface area contributed by atoms with Crippen molar-refractivity contribution in [3.63, 3.8) is 0 Å². The number of nitrogens with one attached hydrogen (secondary N) is 1. The summed E-state index contributed by atoms with van der Waals surface area (Å²) in [5, 5.41) is 3.34. The number of anilines is 1. The molecule has 0 spiro atoms. The van der Waals surface area contributed by atoms with Crippen LogP contribution in [0, 0.1) is 0 Å². The van der Waals surface area contributed by atoms with Gasteiger partial charge in [0, 0.05) is 17.1 Å². The zero-order chi connectivity index (χ0) is 23.1. The van der Waals surface area contributed by atoms with Crippen molar-refractivity contribution in [1.82, 2.24) is 5.32 Å². The summed E-state index contributed by atoms with van der Waals surface area (Å²) in [4.78, 5) is 12.5. The smallest absolute Gasteiger partial charge is 0.251 e. The van der Waals surface area contributed by atoms with Crippen LogP contribution in [0.2, 0.25) is 5.02 Å². The number of hydrogen-bond donors (Lipinski definition) is 1. The Morgan fingerprint density at radius 3 is 2.38 bits per heavy atom. The van der Waals surface area contributed by atoms with Gasteiger partial charge < -0.3 is 10.1 Å². The molecule has 1 N–H and O–H groups in total. The molecule has 8 heteroatoms. The van der Waals surface area contributed by atoms with Crippen LogP contribution < -0.4 is 14.4 Å². The lowest BCUT2D eigenvalue weighted by atomic mass is 10.1. The van der Waals surface area contributed by atoms with Crippen molar-refractivity contribution >= 4 is 33.2 Å². The number of amides is 1. The molecule has 3 rings (SSSR count). The Morgan fingerprint density at radius 2 is 1.72 bits per heavy atom. The zero-order valence-corrected chi connectivity index (χ0v) is 19.5. The molecule has 0 saturated carbocycles. The second-order valence-corrected chi connectivity index (χ2v) is 9.55. The van der Waals surface area contributed by atoms with Gasteiger partial charge in [0.2, 0.25) is 10.0 Å². The van der Waals surface area contributed by atoms with Crippen LogP contribution in [0.25, 0.3) is 0 Å². The van der Waals surface area contributed by atoms with Crippen LogP contribution in [-0.4, -0.2) is 27.2 Å². The highest BCUT2D eigenvalue weighted by Gasteiger charge is 2.18. The van der Waals surface area contributed by atoms with Crippen LogP contribution in [0.5, 0.6) is 5.75 Å². The molecule has 0 fully saturated rings. The first kappa shape index (κ1) is 23.6. The Kier molecular flexibility index (Phi) is 7.77. The average molecular weight is 473 g/mol. The fourth-order valence-electron chi connectivity index (χ4n) is 3.15. The molecule has 0 aliphatic heterocycles. The number of nitrogens with zero attached hydrogens (tertiary/aromatic N) is 1. The van der Waals surface area contributed by atoms with Crippen LogP contribution in [0.3, 0.4) is 0 Å². The fraction of sp³-hybridized carbons (Fsp3) is 0.208. The summed E-state index contributed by atoms with van der Waals surface area (Å²) in [6.45, 7) is 3.00. The Morgan fingerprint density at radius 1 is 1.00 bits per heavy atom. The predicted octanol–water partition coefficient (Wildman–Crippen LogP) is 4.63. The summed E-state index contributed by atoms with van der Waals surface area (Å²) in [6, 6.07) is 21.1. The van der Waals surface area contributed by atoms with E-state index in [4.69, 9.17) is 16.3 Å². The van der Waals surface area contributed by atoms with Gasteiger partial charge >= 0.3 is 0 Å². The molecule has 0 aliphatic rings. The van der Waals surface area contributed by atoms with Crippen LogP contribution in [0.15, 0.2) is 72.8 Å².